The van der Waals surface area contributed by atoms with Crippen LogP contribution in [0.15, 0.2) is 24.3 Å². The van der Waals surface area contributed by atoms with E-state index in [4.69, 9.17) is 4.74 Å². The molecule has 1 saturated heterocycles. The average molecular weight is 239 g/mol. The quantitative estimate of drug-likeness (QED) is 0.849. The molecule has 1 aliphatic heterocycles. The first kappa shape index (κ1) is 11.6. The van der Waals surface area contributed by atoms with E-state index in [9.17, 15) is 4.21 Å². The third kappa shape index (κ3) is 2.44. The van der Waals surface area contributed by atoms with Gasteiger partial charge in [0.15, 0.2) is 0 Å². The van der Waals surface area contributed by atoms with Crippen molar-refractivity contribution in [2.75, 3.05) is 19.4 Å². The summed E-state index contributed by atoms with van der Waals surface area (Å²) in [7, 11) is 0.933. The van der Waals surface area contributed by atoms with Gasteiger partial charge >= 0.3 is 0 Å². The molecule has 1 aromatic rings. The van der Waals surface area contributed by atoms with E-state index < -0.39 is 10.8 Å². The second-order valence-corrected chi connectivity index (χ2v) is 6.00. The van der Waals surface area contributed by atoms with Crippen LogP contribution in [-0.2, 0) is 10.8 Å². The summed E-state index contributed by atoms with van der Waals surface area (Å²) >= 11 is 0. The monoisotopic (exact) mass is 239 g/mol. The van der Waals surface area contributed by atoms with Gasteiger partial charge in [-0.1, -0.05) is 12.1 Å². The Bertz CT molecular complexity index is 394. The van der Waals surface area contributed by atoms with E-state index >= 15 is 0 Å². The smallest absolute Gasteiger partial charge is 0.119 e. The molecule has 3 unspecified atom stereocenters. The summed E-state index contributed by atoms with van der Waals surface area (Å²) in [6.07, 6.45) is 0. The molecule has 0 aliphatic carbocycles. The van der Waals surface area contributed by atoms with E-state index in [2.05, 4.69) is 5.32 Å². The third-order valence-electron chi connectivity index (χ3n) is 2.93. The average Bonchev–Trinajstić information content (AvgIpc) is 2.33. The van der Waals surface area contributed by atoms with Crippen LogP contribution in [0.5, 0.6) is 5.75 Å². The van der Waals surface area contributed by atoms with Gasteiger partial charge in [-0.3, -0.25) is 4.21 Å². The predicted octanol–water partition coefficient (Wildman–Crippen LogP) is 1.48. The van der Waals surface area contributed by atoms with Crippen LogP contribution in [0, 0.1) is 0 Å². The third-order valence-corrected chi connectivity index (χ3v) is 4.65. The number of methoxy groups -OCH3 is 1. The van der Waals surface area contributed by atoms with E-state index in [0.717, 1.165) is 17.9 Å². The summed E-state index contributed by atoms with van der Waals surface area (Å²) in [5.41, 5.74) is 1.15. The van der Waals surface area contributed by atoms with Gasteiger partial charge < -0.3 is 10.1 Å². The minimum absolute atomic E-state index is 0.187. The zero-order valence-electron chi connectivity index (χ0n) is 9.60. The summed E-state index contributed by atoms with van der Waals surface area (Å²) in [4.78, 5) is 0. The van der Waals surface area contributed by atoms with Gasteiger partial charge in [-0.05, 0) is 24.6 Å². The molecule has 0 spiro atoms. The number of rotatable bonds is 2. The molecular formula is C12H17NO2S. The highest BCUT2D eigenvalue weighted by Gasteiger charge is 2.24. The van der Waals surface area contributed by atoms with E-state index in [0.29, 0.717) is 5.75 Å². The van der Waals surface area contributed by atoms with E-state index in [1.54, 1.807) is 7.11 Å². The van der Waals surface area contributed by atoms with Crippen molar-refractivity contribution in [2.24, 2.45) is 0 Å². The maximum atomic E-state index is 11.8. The lowest BCUT2D eigenvalue weighted by Gasteiger charge is -2.27. The van der Waals surface area contributed by atoms with Crippen LogP contribution in [-0.4, -0.2) is 28.9 Å². The molecule has 16 heavy (non-hydrogen) atoms. The number of ether oxygens (including phenoxy) is 1. The first-order chi connectivity index (χ1) is 7.70. The molecule has 2 rings (SSSR count). The van der Waals surface area contributed by atoms with E-state index in [-0.39, 0.29) is 11.3 Å². The lowest BCUT2D eigenvalue weighted by molar-refractivity contribution is 0.413. The Hall–Kier alpha value is -0.870. The maximum absolute atomic E-state index is 11.8. The van der Waals surface area contributed by atoms with Gasteiger partial charge in [0.05, 0.1) is 7.11 Å². The molecule has 0 saturated carbocycles. The van der Waals surface area contributed by atoms with E-state index in [1.807, 2.05) is 31.2 Å². The molecule has 1 aromatic carbocycles. The lowest BCUT2D eigenvalue weighted by Crippen LogP contribution is -2.41. The van der Waals surface area contributed by atoms with Crippen LogP contribution in [0.25, 0.3) is 0 Å². The second-order valence-electron chi connectivity index (χ2n) is 4.10. The summed E-state index contributed by atoms with van der Waals surface area (Å²) in [5, 5.41) is 3.67. The summed E-state index contributed by atoms with van der Waals surface area (Å²) in [6.45, 7) is 2.83. The van der Waals surface area contributed by atoms with Crippen molar-refractivity contribution in [1.82, 2.24) is 5.32 Å². The predicted molar refractivity (Wildman–Crippen MR) is 66.2 cm³/mol. The standard InChI is InChI=1S/C12H17NO2S/c1-9-7-13-12(8-16(9)14)10-4-3-5-11(6-10)15-2/h3-6,9,12-13H,7-8H2,1-2H3. The highest BCUT2D eigenvalue weighted by atomic mass is 32.2. The fourth-order valence-electron chi connectivity index (χ4n) is 1.86. The van der Waals surface area contributed by atoms with Gasteiger partial charge in [-0.2, -0.15) is 0 Å². The van der Waals surface area contributed by atoms with Crippen molar-refractivity contribution < 1.29 is 8.95 Å². The van der Waals surface area contributed by atoms with Crippen molar-refractivity contribution in [3.05, 3.63) is 29.8 Å². The first-order valence-corrected chi connectivity index (χ1v) is 6.83. The normalized spacial score (nSPS) is 30.0. The Balaban J connectivity index is 2.15. The molecular weight excluding hydrogens is 222 g/mol. The van der Waals surface area contributed by atoms with Gasteiger partial charge in [-0.15, -0.1) is 0 Å². The summed E-state index contributed by atoms with van der Waals surface area (Å²) < 4.78 is 17.0. The van der Waals surface area contributed by atoms with Crippen LogP contribution in [0.3, 0.4) is 0 Å². The van der Waals surface area contributed by atoms with Crippen LogP contribution in [0.4, 0.5) is 0 Å². The molecule has 1 heterocycles. The molecule has 0 amide bonds. The lowest BCUT2D eigenvalue weighted by atomic mass is 10.1. The van der Waals surface area contributed by atoms with Gasteiger partial charge in [0.1, 0.15) is 5.75 Å². The highest BCUT2D eigenvalue weighted by molar-refractivity contribution is 7.85. The Labute approximate surface area is 98.7 Å². The molecule has 0 radical (unpaired) electrons. The van der Waals surface area contributed by atoms with Crippen molar-refractivity contribution in [2.45, 2.75) is 18.2 Å². The van der Waals surface area contributed by atoms with Crippen LogP contribution in [0.1, 0.15) is 18.5 Å². The fourth-order valence-corrected chi connectivity index (χ4v) is 3.11. The first-order valence-electron chi connectivity index (χ1n) is 5.45. The Kier molecular flexibility index (Phi) is 3.61. The molecule has 1 aliphatic rings. The Morgan fingerprint density at radius 2 is 2.31 bits per heavy atom. The molecule has 3 atom stereocenters. The molecule has 3 nitrogen and oxygen atoms in total. The Morgan fingerprint density at radius 3 is 3.00 bits per heavy atom. The van der Waals surface area contributed by atoms with Crippen LogP contribution in [0.2, 0.25) is 0 Å². The van der Waals surface area contributed by atoms with Crippen LogP contribution < -0.4 is 10.1 Å². The van der Waals surface area contributed by atoms with E-state index in [1.165, 1.54) is 0 Å². The van der Waals surface area contributed by atoms with Crippen molar-refractivity contribution >= 4 is 10.8 Å². The zero-order valence-corrected chi connectivity index (χ0v) is 10.4. The number of nitrogens with one attached hydrogen (secondary N) is 1. The van der Waals surface area contributed by atoms with Crippen molar-refractivity contribution in [1.29, 1.82) is 0 Å². The Morgan fingerprint density at radius 1 is 1.50 bits per heavy atom. The molecule has 88 valence electrons. The molecule has 1 fully saturated rings. The fraction of sp³-hybridized carbons (Fsp3) is 0.500. The minimum atomic E-state index is -0.727. The van der Waals surface area contributed by atoms with Gasteiger partial charge in [0, 0.05) is 34.4 Å². The van der Waals surface area contributed by atoms with Gasteiger partial charge in [-0.25, -0.2) is 0 Å². The summed E-state index contributed by atoms with van der Waals surface area (Å²) in [5.74, 6) is 1.54. The molecule has 0 bridgehead atoms. The summed E-state index contributed by atoms with van der Waals surface area (Å²) in [6, 6.07) is 8.13. The van der Waals surface area contributed by atoms with Gasteiger partial charge in [0.2, 0.25) is 0 Å². The number of hydrogen-bond acceptors (Lipinski definition) is 3. The zero-order chi connectivity index (χ0) is 11.5. The van der Waals surface area contributed by atoms with Gasteiger partial charge in [0.25, 0.3) is 0 Å². The molecule has 4 heteroatoms. The minimum Gasteiger partial charge on any atom is -0.497 e. The topological polar surface area (TPSA) is 38.3 Å². The second kappa shape index (κ2) is 4.97. The molecule has 0 aromatic heterocycles. The highest BCUT2D eigenvalue weighted by Crippen LogP contribution is 2.22. The van der Waals surface area contributed by atoms with Crippen molar-refractivity contribution in [3.8, 4) is 5.75 Å². The van der Waals surface area contributed by atoms with Crippen molar-refractivity contribution in [3.63, 3.8) is 0 Å². The maximum Gasteiger partial charge on any atom is 0.119 e. The number of hydrogen-bond donors (Lipinski definition) is 1. The molecule has 1 N–H and O–H groups in total. The number of benzene rings is 1. The largest absolute Gasteiger partial charge is 0.497 e. The SMILES string of the molecule is COc1cccc(C2CS(=O)C(C)CN2)c1. The van der Waals surface area contributed by atoms with Crippen LogP contribution >= 0.6 is 0 Å².